The van der Waals surface area contributed by atoms with E-state index in [1.165, 1.54) is 0 Å². The van der Waals surface area contributed by atoms with Crippen LogP contribution in [0.1, 0.15) is 0 Å². The van der Waals surface area contributed by atoms with Crippen molar-refractivity contribution >= 4 is 7.60 Å². The van der Waals surface area contributed by atoms with Gasteiger partial charge in [0.05, 0.1) is 0 Å². The van der Waals surface area contributed by atoms with Crippen LogP contribution in [-0.2, 0) is 4.57 Å². The van der Waals surface area contributed by atoms with Gasteiger partial charge in [-0.3, -0.25) is 4.57 Å². The van der Waals surface area contributed by atoms with Crippen molar-refractivity contribution in [1.82, 2.24) is 0 Å². The zero-order valence-electron chi connectivity index (χ0n) is 3.01. The summed E-state index contributed by atoms with van der Waals surface area (Å²) in [5.74, 6) is 0. The van der Waals surface area contributed by atoms with E-state index in [1.807, 2.05) is 0 Å². The summed E-state index contributed by atoms with van der Waals surface area (Å²) in [6, 6.07) is 0. The zero-order chi connectivity index (χ0) is 6.08. The fourth-order valence-corrected chi connectivity index (χ4v) is 0. The predicted molar refractivity (Wildman–Crippen MR) is 17.5 cm³/mol. The second kappa shape index (κ2) is 1.86. The van der Waals surface area contributed by atoms with Gasteiger partial charge in [-0.25, -0.2) is 0 Å². The van der Waals surface area contributed by atoms with Crippen molar-refractivity contribution in [3.8, 4) is 0 Å². The summed E-state index contributed by atoms with van der Waals surface area (Å²) in [5, 5.41) is 0. The average Bonchev–Trinajstić information content (AvgIpc) is 1.31. The number of rotatable bonds is 1. The van der Waals surface area contributed by atoms with Crippen LogP contribution in [0.5, 0.6) is 0 Å². The third kappa shape index (κ3) is 2.68. The second-order valence-electron chi connectivity index (χ2n) is 0.784. The molecule has 0 fully saturated rings. The minimum absolute atomic E-state index is 2.84. The van der Waals surface area contributed by atoms with Crippen molar-refractivity contribution in [3.63, 3.8) is 0 Å². The van der Waals surface area contributed by atoms with Crippen LogP contribution in [0, 0.1) is 6.17 Å². The fourth-order valence-electron chi connectivity index (χ4n) is 0. The van der Waals surface area contributed by atoms with Crippen molar-refractivity contribution in [2.45, 2.75) is 0 Å². The molecule has 0 aliphatic heterocycles. The average molecular weight is 131 g/mol. The molecule has 0 aromatic carbocycles. The van der Waals surface area contributed by atoms with Crippen molar-refractivity contribution in [2.24, 2.45) is 0 Å². The molecule has 6 heteroatoms. The Kier molecular flexibility index (Phi) is 1.86. The third-order valence-corrected chi connectivity index (χ3v) is 0.661. The molecular weight excluding hydrogens is 129 g/mol. The van der Waals surface area contributed by atoms with Crippen LogP contribution in [0.2, 0.25) is 0 Å². The molecule has 0 aliphatic rings. The lowest BCUT2D eigenvalue weighted by Crippen LogP contribution is -1.79. The highest BCUT2D eigenvalue weighted by atomic mass is 31.2. The van der Waals surface area contributed by atoms with Gasteiger partial charge < -0.3 is 9.79 Å². The van der Waals surface area contributed by atoms with Gasteiger partial charge in [-0.05, 0) is 0 Å². The van der Waals surface area contributed by atoms with Crippen LogP contribution in [0.3, 0.4) is 0 Å². The van der Waals surface area contributed by atoms with E-state index in [0.717, 1.165) is 0 Å². The molecule has 0 unspecified atom stereocenters. The van der Waals surface area contributed by atoms with Crippen LogP contribution in [0.4, 0.5) is 8.78 Å². The highest BCUT2D eigenvalue weighted by Crippen LogP contribution is 2.48. The number of halogens is 2. The molecule has 2 N–H and O–H groups in total. The lowest BCUT2D eigenvalue weighted by molar-refractivity contribution is 0.276. The third-order valence-electron chi connectivity index (χ3n) is 0.220. The maximum Gasteiger partial charge on any atom is 0.419 e. The molecular formula is CH2F2O3P. The molecule has 0 saturated carbocycles. The van der Waals surface area contributed by atoms with Gasteiger partial charge in [0.15, 0.2) is 0 Å². The normalized spacial score (nSPS) is 12.7. The zero-order valence-corrected chi connectivity index (χ0v) is 3.90. The number of hydrogen-bond donors (Lipinski definition) is 2. The molecule has 7 heavy (non-hydrogen) atoms. The minimum atomic E-state index is -5.15. The summed E-state index contributed by atoms with van der Waals surface area (Å²) in [6.07, 6.45) is -2.84. The van der Waals surface area contributed by atoms with E-state index in [0.29, 0.717) is 0 Å². The first-order chi connectivity index (χ1) is 2.94. The van der Waals surface area contributed by atoms with Crippen molar-refractivity contribution < 1.29 is 23.1 Å². The summed E-state index contributed by atoms with van der Waals surface area (Å²) >= 11 is 0. The van der Waals surface area contributed by atoms with Crippen LogP contribution < -0.4 is 0 Å². The first-order valence-corrected chi connectivity index (χ1v) is 2.80. The van der Waals surface area contributed by atoms with Crippen LogP contribution in [-0.4, -0.2) is 9.79 Å². The molecule has 0 amide bonds. The maximum absolute atomic E-state index is 10.7. The summed E-state index contributed by atoms with van der Waals surface area (Å²) in [6.45, 7) is 0. The van der Waals surface area contributed by atoms with E-state index in [2.05, 4.69) is 0 Å². The molecule has 0 saturated heterocycles. The minimum Gasteiger partial charge on any atom is -0.320 e. The Bertz CT molecular complexity index is 95.1. The van der Waals surface area contributed by atoms with Gasteiger partial charge >= 0.3 is 13.8 Å². The maximum atomic E-state index is 10.7. The first kappa shape index (κ1) is 7.01. The fraction of sp³-hybridized carbons (Fsp3) is 0. The predicted octanol–water partition coefficient (Wildman–Crippen LogP) is 0.550. The molecule has 3 nitrogen and oxygen atoms in total. The molecule has 0 rings (SSSR count). The molecule has 0 aliphatic carbocycles. The standard InChI is InChI=1S/CH2F2O3P/c2-1(3)7(4,5)6/h(H2,4,5,6). The van der Waals surface area contributed by atoms with E-state index in [9.17, 15) is 13.3 Å². The topological polar surface area (TPSA) is 57.5 Å². The Morgan fingerprint density at radius 3 is 1.57 bits per heavy atom. The molecule has 43 valence electrons. The van der Waals surface area contributed by atoms with Gasteiger partial charge in [0.1, 0.15) is 0 Å². The van der Waals surface area contributed by atoms with E-state index in [4.69, 9.17) is 9.79 Å². The van der Waals surface area contributed by atoms with E-state index >= 15 is 0 Å². The van der Waals surface area contributed by atoms with Crippen LogP contribution in [0.25, 0.3) is 0 Å². The molecule has 1 radical (unpaired) electrons. The Morgan fingerprint density at radius 2 is 1.57 bits per heavy atom. The quantitative estimate of drug-likeness (QED) is 0.511. The van der Waals surface area contributed by atoms with Gasteiger partial charge in [-0.15, -0.1) is 0 Å². The summed E-state index contributed by atoms with van der Waals surface area (Å²) < 4.78 is 30.6. The Labute approximate surface area is 38.1 Å². The van der Waals surface area contributed by atoms with Crippen LogP contribution >= 0.6 is 7.60 Å². The van der Waals surface area contributed by atoms with Gasteiger partial charge in [-0.1, -0.05) is 0 Å². The summed E-state index contributed by atoms with van der Waals surface area (Å²) in [7, 11) is -5.15. The Morgan fingerprint density at radius 1 is 1.43 bits per heavy atom. The molecule has 0 spiro atoms. The lowest BCUT2D eigenvalue weighted by atomic mass is 11.7. The van der Waals surface area contributed by atoms with Gasteiger partial charge in [0.25, 0.3) is 0 Å². The molecule has 0 heterocycles. The summed E-state index contributed by atoms with van der Waals surface area (Å²) in [4.78, 5) is 14.8. The lowest BCUT2D eigenvalue weighted by Gasteiger charge is -1.94. The molecule has 0 aromatic rings. The van der Waals surface area contributed by atoms with Crippen LogP contribution in [0.15, 0.2) is 0 Å². The van der Waals surface area contributed by atoms with E-state index in [-0.39, 0.29) is 0 Å². The molecule has 0 bridgehead atoms. The Balaban J connectivity index is 3.80. The molecule has 0 aromatic heterocycles. The monoisotopic (exact) mass is 131 g/mol. The van der Waals surface area contributed by atoms with Crippen molar-refractivity contribution in [3.05, 3.63) is 6.17 Å². The van der Waals surface area contributed by atoms with Gasteiger partial charge in [-0.2, -0.15) is 8.78 Å². The van der Waals surface area contributed by atoms with Crippen molar-refractivity contribution in [1.29, 1.82) is 0 Å². The highest BCUT2D eigenvalue weighted by molar-refractivity contribution is 7.54. The van der Waals surface area contributed by atoms with Gasteiger partial charge in [0.2, 0.25) is 0 Å². The van der Waals surface area contributed by atoms with Gasteiger partial charge in [0, 0.05) is 0 Å². The van der Waals surface area contributed by atoms with Crippen molar-refractivity contribution in [2.75, 3.05) is 0 Å². The SMILES string of the molecule is O=P(O)(O)[C](F)F. The van der Waals surface area contributed by atoms with E-state index in [1.54, 1.807) is 0 Å². The highest BCUT2D eigenvalue weighted by Gasteiger charge is 2.30. The Hall–Kier alpha value is 0.01000. The second-order valence-corrected chi connectivity index (χ2v) is 2.21. The van der Waals surface area contributed by atoms with E-state index < -0.39 is 13.8 Å². The number of hydrogen-bond acceptors (Lipinski definition) is 1. The smallest absolute Gasteiger partial charge is 0.320 e. The first-order valence-electron chi connectivity index (χ1n) is 1.18. The molecule has 0 atom stereocenters. The summed E-state index contributed by atoms with van der Waals surface area (Å²) in [5.41, 5.74) is 0. The largest absolute Gasteiger partial charge is 0.419 e.